The van der Waals surface area contributed by atoms with Crippen LogP contribution in [0.1, 0.15) is 10.4 Å². The molecular formula is C14H10ClNO6. The number of hydrogen-bond acceptors (Lipinski definition) is 5. The fraction of sp³-hybridized carbons (Fsp3) is 0.0714. The smallest absolute Gasteiger partial charge is 0.342 e. The number of methoxy groups -OCH3 is 1. The molecule has 2 aromatic carbocycles. The largest absolute Gasteiger partial charge is 0.497 e. The summed E-state index contributed by atoms with van der Waals surface area (Å²) in [7, 11) is 1.47. The summed E-state index contributed by atoms with van der Waals surface area (Å²) in [5, 5.41) is 20.3. The van der Waals surface area contributed by atoms with E-state index in [2.05, 4.69) is 0 Å². The Bertz CT molecular complexity index is 746. The molecule has 0 atom stereocenters. The number of carboxylic acid groups (broad SMARTS) is 1. The first kappa shape index (κ1) is 15.6. The van der Waals surface area contributed by atoms with Gasteiger partial charge in [0.25, 0.3) is 0 Å². The summed E-state index contributed by atoms with van der Waals surface area (Å²) in [6.45, 7) is 0. The summed E-state index contributed by atoms with van der Waals surface area (Å²) >= 11 is 6.00. The number of aromatic carboxylic acids is 1. The van der Waals surface area contributed by atoms with E-state index in [1.165, 1.54) is 31.4 Å². The summed E-state index contributed by atoms with van der Waals surface area (Å²) in [5.41, 5.74) is -1.10. The van der Waals surface area contributed by atoms with Crippen LogP contribution in [-0.2, 0) is 0 Å². The van der Waals surface area contributed by atoms with Crippen LogP contribution in [-0.4, -0.2) is 23.1 Å². The lowest BCUT2D eigenvalue weighted by molar-refractivity contribution is -0.386. The van der Waals surface area contributed by atoms with Gasteiger partial charge < -0.3 is 14.6 Å². The van der Waals surface area contributed by atoms with Crippen molar-refractivity contribution < 1.29 is 24.3 Å². The van der Waals surface area contributed by atoms with Gasteiger partial charge >= 0.3 is 11.7 Å². The van der Waals surface area contributed by atoms with Crippen molar-refractivity contribution in [2.75, 3.05) is 7.11 Å². The minimum absolute atomic E-state index is 0.146. The minimum atomic E-state index is -1.42. The van der Waals surface area contributed by atoms with E-state index in [4.69, 9.17) is 26.2 Å². The van der Waals surface area contributed by atoms with Crippen LogP contribution in [0.2, 0.25) is 5.02 Å². The molecule has 114 valence electrons. The van der Waals surface area contributed by atoms with Crippen LogP contribution in [0.4, 0.5) is 5.69 Å². The fourth-order valence-corrected chi connectivity index (χ4v) is 1.98. The normalized spacial score (nSPS) is 10.1. The molecule has 0 spiro atoms. The molecule has 0 heterocycles. The molecule has 0 aliphatic heterocycles. The van der Waals surface area contributed by atoms with Crippen molar-refractivity contribution in [1.29, 1.82) is 0 Å². The molecule has 22 heavy (non-hydrogen) atoms. The molecule has 0 fully saturated rings. The van der Waals surface area contributed by atoms with E-state index in [0.29, 0.717) is 5.75 Å². The highest BCUT2D eigenvalue weighted by Crippen LogP contribution is 2.38. The third-order valence-corrected chi connectivity index (χ3v) is 3.07. The van der Waals surface area contributed by atoms with Gasteiger partial charge in [-0.15, -0.1) is 0 Å². The van der Waals surface area contributed by atoms with Crippen molar-refractivity contribution in [3.8, 4) is 17.2 Å². The quantitative estimate of drug-likeness (QED) is 0.664. The minimum Gasteiger partial charge on any atom is -0.497 e. The number of rotatable bonds is 5. The van der Waals surface area contributed by atoms with Crippen LogP contribution in [0.25, 0.3) is 0 Å². The Hall–Kier alpha value is -2.80. The first-order valence-electron chi connectivity index (χ1n) is 5.96. The van der Waals surface area contributed by atoms with Gasteiger partial charge in [-0.05, 0) is 24.3 Å². The number of ether oxygens (including phenoxy) is 2. The number of benzene rings is 2. The number of nitro benzene ring substituents is 1. The maximum Gasteiger partial charge on any atom is 0.342 e. The SMILES string of the molecule is COc1ccc(Oc2cccc(C(=O)O)c2[N+](=O)[O-])c(Cl)c1. The number of para-hydroxylation sites is 1. The molecule has 7 nitrogen and oxygen atoms in total. The molecule has 0 bridgehead atoms. The highest BCUT2D eigenvalue weighted by Gasteiger charge is 2.26. The average Bonchev–Trinajstić information content (AvgIpc) is 2.48. The van der Waals surface area contributed by atoms with E-state index in [9.17, 15) is 14.9 Å². The van der Waals surface area contributed by atoms with Crippen LogP contribution in [0.15, 0.2) is 36.4 Å². The van der Waals surface area contributed by atoms with Gasteiger partial charge in [-0.3, -0.25) is 10.1 Å². The first-order valence-corrected chi connectivity index (χ1v) is 6.34. The number of carboxylic acids is 1. The summed E-state index contributed by atoms with van der Waals surface area (Å²) in [5.74, 6) is -0.991. The van der Waals surface area contributed by atoms with Gasteiger partial charge in [0, 0.05) is 6.07 Å². The number of nitro groups is 1. The van der Waals surface area contributed by atoms with Crippen molar-refractivity contribution in [1.82, 2.24) is 0 Å². The van der Waals surface area contributed by atoms with E-state index in [1.807, 2.05) is 0 Å². The van der Waals surface area contributed by atoms with Crippen molar-refractivity contribution in [2.45, 2.75) is 0 Å². The predicted molar refractivity (Wildman–Crippen MR) is 78.1 cm³/mol. The van der Waals surface area contributed by atoms with Crippen LogP contribution in [0.3, 0.4) is 0 Å². The Labute approximate surface area is 129 Å². The van der Waals surface area contributed by atoms with Crippen LogP contribution in [0, 0.1) is 10.1 Å². The summed E-state index contributed by atoms with van der Waals surface area (Å²) in [4.78, 5) is 21.4. The zero-order valence-corrected chi connectivity index (χ0v) is 12.0. The van der Waals surface area contributed by atoms with Crippen LogP contribution >= 0.6 is 11.6 Å². The van der Waals surface area contributed by atoms with Gasteiger partial charge in [0.2, 0.25) is 5.75 Å². The molecule has 2 rings (SSSR count). The van der Waals surface area contributed by atoms with Gasteiger partial charge in [0.15, 0.2) is 0 Å². The maximum absolute atomic E-state index is 11.1. The van der Waals surface area contributed by atoms with Crippen molar-refractivity contribution >= 4 is 23.3 Å². The molecule has 8 heteroatoms. The Morgan fingerprint density at radius 3 is 2.55 bits per heavy atom. The second-order valence-electron chi connectivity index (χ2n) is 4.11. The summed E-state index contributed by atoms with van der Waals surface area (Å²) < 4.78 is 10.4. The second kappa shape index (κ2) is 6.31. The number of hydrogen-bond donors (Lipinski definition) is 1. The summed E-state index contributed by atoms with van der Waals surface area (Å²) in [6.07, 6.45) is 0. The molecule has 0 unspecified atom stereocenters. The number of nitrogens with zero attached hydrogens (tertiary/aromatic N) is 1. The fourth-order valence-electron chi connectivity index (χ4n) is 1.78. The lowest BCUT2D eigenvalue weighted by atomic mass is 10.1. The third-order valence-electron chi connectivity index (χ3n) is 2.77. The van der Waals surface area contributed by atoms with E-state index in [1.54, 1.807) is 6.07 Å². The van der Waals surface area contributed by atoms with Gasteiger partial charge in [0.1, 0.15) is 17.1 Å². The van der Waals surface area contributed by atoms with E-state index >= 15 is 0 Å². The lowest BCUT2D eigenvalue weighted by Crippen LogP contribution is -2.04. The Morgan fingerprint density at radius 1 is 1.27 bits per heavy atom. The maximum atomic E-state index is 11.1. The number of halogens is 1. The molecule has 0 aliphatic carbocycles. The van der Waals surface area contributed by atoms with Gasteiger partial charge in [-0.25, -0.2) is 4.79 Å². The first-order chi connectivity index (χ1) is 10.4. The van der Waals surface area contributed by atoms with E-state index < -0.39 is 22.1 Å². The monoisotopic (exact) mass is 323 g/mol. The van der Waals surface area contributed by atoms with Crippen molar-refractivity contribution in [3.05, 3.63) is 57.1 Å². The molecule has 0 aromatic heterocycles. The molecule has 0 saturated carbocycles. The molecule has 0 radical (unpaired) electrons. The highest BCUT2D eigenvalue weighted by atomic mass is 35.5. The lowest BCUT2D eigenvalue weighted by Gasteiger charge is -2.10. The van der Waals surface area contributed by atoms with Gasteiger partial charge in [-0.2, -0.15) is 0 Å². The highest BCUT2D eigenvalue weighted by molar-refractivity contribution is 6.32. The molecule has 0 aliphatic rings. The Kier molecular flexibility index (Phi) is 4.47. The van der Waals surface area contributed by atoms with Crippen molar-refractivity contribution in [3.63, 3.8) is 0 Å². The van der Waals surface area contributed by atoms with Crippen LogP contribution < -0.4 is 9.47 Å². The summed E-state index contributed by atoms with van der Waals surface area (Å²) in [6, 6.07) is 8.29. The molecule has 2 aromatic rings. The van der Waals surface area contributed by atoms with E-state index in [0.717, 1.165) is 6.07 Å². The molecule has 0 amide bonds. The van der Waals surface area contributed by atoms with E-state index in [-0.39, 0.29) is 16.5 Å². The third kappa shape index (κ3) is 3.09. The predicted octanol–water partition coefficient (Wildman–Crippen LogP) is 3.75. The Balaban J connectivity index is 2.48. The standard InChI is InChI=1S/C14H10ClNO6/c1-21-8-5-6-11(10(15)7-8)22-12-4-2-3-9(14(17)18)13(12)16(19)20/h2-7H,1H3,(H,17,18). The molecule has 1 N–H and O–H groups in total. The second-order valence-corrected chi connectivity index (χ2v) is 4.52. The zero-order chi connectivity index (χ0) is 16.3. The molecular weight excluding hydrogens is 314 g/mol. The number of carbonyl (C=O) groups is 1. The van der Waals surface area contributed by atoms with Gasteiger partial charge in [-0.1, -0.05) is 17.7 Å². The topological polar surface area (TPSA) is 98.9 Å². The van der Waals surface area contributed by atoms with Crippen molar-refractivity contribution in [2.24, 2.45) is 0 Å². The van der Waals surface area contributed by atoms with Crippen LogP contribution in [0.5, 0.6) is 17.2 Å². The molecule has 0 saturated heterocycles. The van der Waals surface area contributed by atoms with Gasteiger partial charge in [0.05, 0.1) is 17.1 Å². The average molecular weight is 324 g/mol. The Morgan fingerprint density at radius 2 is 2.00 bits per heavy atom. The zero-order valence-electron chi connectivity index (χ0n) is 11.3.